The van der Waals surface area contributed by atoms with Gasteiger partial charge in [0.05, 0.1) is 18.0 Å². The fraction of sp³-hybridized carbons (Fsp3) is 0.474. The highest BCUT2D eigenvalue weighted by atomic mass is 16.5. The number of rotatable bonds is 3. The Kier molecular flexibility index (Phi) is 5.35. The summed E-state index contributed by atoms with van der Waals surface area (Å²) in [5, 5.41) is 3.09. The number of aryl methyl sites for hydroxylation is 1. The normalized spacial score (nSPS) is 15.5. The molecular formula is C19H23N3O4. The summed E-state index contributed by atoms with van der Waals surface area (Å²) in [5.74, 6) is -0.141. The van der Waals surface area contributed by atoms with E-state index in [4.69, 9.17) is 0 Å². The number of aromatic nitrogens is 2. The predicted molar refractivity (Wildman–Crippen MR) is 97.1 cm³/mol. The van der Waals surface area contributed by atoms with Gasteiger partial charge in [-0.3, -0.25) is 14.2 Å². The molecule has 3 rings (SSSR count). The summed E-state index contributed by atoms with van der Waals surface area (Å²) in [6, 6.07) is 4.07. The zero-order chi connectivity index (χ0) is 18.7. The molecule has 1 aliphatic heterocycles. The standard InChI is InChI=1S/C19H23N3O4/c1-12(19(25)26-2)20-17(23)13-8-9-14-15(11-13)21-16-7-5-3-4-6-10-22(16)18(14)24/h8-9,11-12H,3-7,10H2,1-2H3,(H,20,23)/t12-/m1/s1. The van der Waals surface area contributed by atoms with E-state index >= 15 is 0 Å². The maximum atomic E-state index is 12.8. The van der Waals surface area contributed by atoms with Gasteiger partial charge in [0.15, 0.2) is 0 Å². The predicted octanol–water partition coefficient (Wildman–Crippen LogP) is 1.80. The van der Waals surface area contributed by atoms with Crippen LogP contribution in [0.1, 0.15) is 48.8 Å². The first-order valence-corrected chi connectivity index (χ1v) is 8.93. The van der Waals surface area contributed by atoms with Crippen molar-refractivity contribution in [1.29, 1.82) is 0 Å². The van der Waals surface area contributed by atoms with E-state index in [0.717, 1.165) is 37.9 Å². The van der Waals surface area contributed by atoms with Crippen molar-refractivity contribution >= 4 is 22.8 Å². The van der Waals surface area contributed by atoms with Crippen LogP contribution in [-0.4, -0.2) is 34.6 Å². The minimum Gasteiger partial charge on any atom is -0.467 e. The van der Waals surface area contributed by atoms with Crippen molar-refractivity contribution in [3.05, 3.63) is 39.9 Å². The average molecular weight is 357 g/mol. The minimum atomic E-state index is -0.752. The Bertz CT molecular complexity index is 904. The molecule has 7 nitrogen and oxygen atoms in total. The molecule has 1 aromatic carbocycles. The second-order valence-electron chi connectivity index (χ2n) is 6.60. The van der Waals surface area contributed by atoms with E-state index in [0.29, 0.717) is 23.0 Å². The van der Waals surface area contributed by atoms with Gasteiger partial charge in [-0.1, -0.05) is 12.8 Å². The van der Waals surface area contributed by atoms with Crippen LogP contribution in [0.2, 0.25) is 0 Å². The Balaban J connectivity index is 1.95. The summed E-state index contributed by atoms with van der Waals surface area (Å²) in [5.41, 5.74) is 0.818. The van der Waals surface area contributed by atoms with Gasteiger partial charge < -0.3 is 10.1 Å². The molecule has 26 heavy (non-hydrogen) atoms. The number of ether oxygens (including phenoxy) is 1. The first kappa shape index (κ1) is 18.1. The first-order valence-electron chi connectivity index (χ1n) is 8.93. The molecule has 1 atom stereocenters. The minimum absolute atomic E-state index is 0.0539. The fourth-order valence-electron chi connectivity index (χ4n) is 3.25. The lowest BCUT2D eigenvalue weighted by molar-refractivity contribution is -0.142. The number of nitrogens with one attached hydrogen (secondary N) is 1. The molecule has 2 aromatic rings. The quantitative estimate of drug-likeness (QED) is 0.846. The highest BCUT2D eigenvalue weighted by Crippen LogP contribution is 2.16. The first-order chi connectivity index (χ1) is 12.5. The molecular weight excluding hydrogens is 334 g/mol. The van der Waals surface area contributed by atoms with Crippen molar-refractivity contribution in [3.8, 4) is 0 Å². The van der Waals surface area contributed by atoms with Crippen LogP contribution in [0.5, 0.6) is 0 Å². The Morgan fingerprint density at radius 1 is 1.23 bits per heavy atom. The zero-order valence-corrected chi connectivity index (χ0v) is 15.1. The summed E-state index contributed by atoms with van der Waals surface area (Å²) >= 11 is 0. The number of carbonyl (C=O) groups excluding carboxylic acids is 2. The van der Waals surface area contributed by atoms with E-state index in [1.165, 1.54) is 7.11 Å². The molecule has 0 saturated carbocycles. The van der Waals surface area contributed by atoms with E-state index in [2.05, 4.69) is 15.0 Å². The van der Waals surface area contributed by atoms with Gasteiger partial charge in [-0.25, -0.2) is 9.78 Å². The van der Waals surface area contributed by atoms with Crippen LogP contribution >= 0.6 is 0 Å². The van der Waals surface area contributed by atoms with E-state index in [-0.39, 0.29) is 5.56 Å². The van der Waals surface area contributed by atoms with E-state index < -0.39 is 17.9 Å². The van der Waals surface area contributed by atoms with E-state index in [1.807, 2.05) is 0 Å². The van der Waals surface area contributed by atoms with Gasteiger partial charge in [0.25, 0.3) is 11.5 Å². The van der Waals surface area contributed by atoms with Crippen LogP contribution < -0.4 is 10.9 Å². The van der Waals surface area contributed by atoms with Gasteiger partial charge in [-0.2, -0.15) is 0 Å². The van der Waals surface area contributed by atoms with Crippen LogP contribution in [0.25, 0.3) is 10.9 Å². The van der Waals surface area contributed by atoms with Crippen LogP contribution in [-0.2, 0) is 22.5 Å². The molecule has 2 heterocycles. The highest BCUT2D eigenvalue weighted by molar-refractivity contribution is 5.99. The maximum absolute atomic E-state index is 12.8. The van der Waals surface area contributed by atoms with E-state index in [9.17, 15) is 14.4 Å². The molecule has 1 aromatic heterocycles. The lowest BCUT2D eigenvalue weighted by atomic mass is 10.1. The van der Waals surface area contributed by atoms with Crippen LogP contribution in [0.4, 0.5) is 0 Å². The molecule has 1 amide bonds. The SMILES string of the molecule is COC(=O)[C@@H](C)NC(=O)c1ccc2c(=O)n3c(nc2c1)CCCCCC3. The van der Waals surface area contributed by atoms with Gasteiger partial charge in [-0.15, -0.1) is 0 Å². The van der Waals surface area contributed by atoms with Gasteiger partial charge in [0.2, 0.25) is 0 Å². The van der Waals surface area contributed by atoms with Crippen LogP contribution in [0, 0.1) is 0 Å². The molecule has 138 valence electrons. The lowest BCUT2D eigenvalue weighted by Crippen LogP contribution is -2.39. The third-order valence-corrected chi connectivity index (χ3v) is 4.73. The third-order valence-electron chi connectivity index (χ3n) is 4.73. The summed E-state index contributed by atoms with van der Waals surface area (Å²) in [4.78, 5) is 41.3. The molecule has 0 aliphatic carbocycles. The monoisotopic (exact) mass is 357 g/mol. The molecule has 0 saturated heterocycles. The molecule has 1 N–H and O–H groups in total. The van der Waals surface area contributed by atoms with Gasteiger partial charge in [0.1, 0.15) is 11.9 Å². The van der Waals surface area contributed by atoms with Crippen molar-refractivity contribution in [1.82, 2.24) is 14.9 Å². The van der Waals surface area contributed by atoms with Crippen molar-refractivity contribution < 1.29 is 14.3 Å². The number of hydrogen-bond donors (Lipinski definition) is 1. The maximum Gasteiger partial charge on any atom is 0.328 e. The number of carbonyl (C=O) groups is 2. The summed E-state index contributed by atoms with van der Waals surface area (Å²) < 4.78 is 6.37. The molecule has 7 heteroatoms. The number of amides is 1. The summed E-state index contributed by atoms with van der Waals surface area (Å²) in [7, 11) is 1.27. The second kappa shape index (κ2) is 7.68. The van der Waals surface area contributed by atoms with Crippen molar-refractivity contribution in [2.75, 3.05) is 7.11 Å². The molecule has 0 spiro atoms. The Hall–Kier alpha value is -2.70. The number of nitrogens with zero attached hydrogens (tertiary/aromatic N) is 2. The van der Waals surface area contributed by atoms with Crippen LogP contribution in [0.3, 0.4) is 0 Å². The van der Waals surface area contributed by atoms with Crippen molar-refractivity contribution in [2.45, 2.75) is 51.6 Å². The zero-order valence-electron chi connectivity index (χ0n) is 15.1. The fourth-order valence-corrected chi connectivity index (χ4v) is 3.25. The highest BCUT2D eigenvalue weighted by Gasteiger charge is 2.18. The third kappa shape index (κ3) is 3.61. The van der Waals surface area contributed by atoms with Gasteiger partial charge in [-0.05, 0) is 38.0 Å². The number of hydrogen-bond acceptors (Lipinski definition) is 5. The Labute approximate surface area is 151 Å². The lowest BCUT2D eigenvalue weighted by Gasteiger charge is -2.16. The molecule has 0 unspecified atom stereocenters. The number of benzene rings is 1. The van der Waals surface area contributed by atoms with Gasteiger partial charge in [0, 0.05) is 18.5 Å². The number of esters is 1. The smallest absolute Gasteiger partial charge is 0.328 e. The van der Waals surface area contributed by atoms with Crippen molar-refractivity contribution in [3.63, 3.8) is 0 Å². The Morgan fingerprint density at radius 3 is 2.77 bits per heavy atom. The largest absolute Gasteiger partial charge is 0.467 e. The molecule has 1 aliphatic rings. The number of fused-ring (bicyclic) bond motifs is 2. The second-order valence-corrected chi connectivity index (χ2v) is 6.60. The molecule has 0 radical (unpaired) electrons. The Morgan fingerprint density at radius 2 is 2.00 bits per heavy atom. The summed E-state index contributed by atoms with van der Waals surface area (Å²) in [6.07, 6.45) is 5.02. The molecule has 0 fully saturated rings. The molecule has 0 bridgehead atoms. The van der Waals surface area contributed by atoms with Crippen molar-refractivity contribution in [2.24, 2.45) is 0 Å². The van der Waals surface area contributed by atoms with Crippen LogP contribution in [0.15, 0.2) is 23.0 Å². The van der Waals surface area contributed by atoms with Gasteiger partial charge >= 0.3 is 5.97 Å². The average Bonchev–Trinajstić information content (AvgIpc) is 2.62. The summed E-state index contributed by atoms with van der Waals surface area (Å²) in [6.45, 7) is 2.24. The number of methoxy groups -OCH3 is 1. The topological polar surface area (TPSA) is 90.3 Å². The van der Waals surface area contributed by atoms with E-state index in [1.54, 1.807) is 29.7 Å².